The highest BCUT2D eigenvalue weighted by atomic mass is 32.1. The maximum absolute atomic E-state index is 3.53. The molecular formula is C19H16N2S2. The number of benzene rings is 1. The third kappa shape index (κ3) is 3.09. The fourth-order valence-electron chi connectivity index (χ4n) is 2.62. The number of hydrogen-bond donors (Lipinski definition) is 1. The molecule has 1 aliphatic rings. The van der Waals surface area contributed by atoms with Crippen LogP contribution in [0, 0.1) is 0 Å². The molecule has 0 fully saturated rings. The highest BCUT2D eigenvalue weighted by Crippen LogP contribution is 2.34. The summed E-state index contributed by atoms with van der Waals surface area (Å²) < 4.78 is 0. The molecule has 1 aromatic carbocycles. The molecule has 1 aliphatic heterocycles. The summed E-state index contributed by atoms with van der Waals surface area (Å²) in [6.07, 6.45) is 6.59. The minimum Gasteiger partial charge on any atom is -0.298 e. The standard InChI is InChI=1S/C19H16N2S2/c1-2-6-16(7-3-1)21-18(19-9-5-13-23-19)14-15(20-21)10-11-17-8-4-12-22-17/h1-14,18,20H/t18-/m0/s1. The normalized spacial score (nSPS) is 17.5. The fourth-order valence-corrected chi connectivity index (χ4v) is 4.03. The van der Waals surface area contributed by atoms with Crippen LogP contribution in [0.2, 0.25) is 0 Å². The molecule has 1 atom stereocenters. The van der Waals surface area contributed by atoms with E-state index < -0.39 is 0 Å². The van der Waals surface area contributed by atoms with Crippen molar-refractivity contribution in [3.8, 4) is 0 Å². The highest BCUT2D eigenvalue weighted by molar-refractivity contribution is 7.10. The number of nitrogens with zero attached hydrogens (tertiary/aromatic N) is 1. The molecule has 3 heterocycles. The van der Waals surface area contributed by atoms with Crippen LogP contribution in [0.3, 0.4) is 0 Å². The van der Waals surface area contributed by atoms with E-state index in [-0.39, 0.29) is 6.04 Å². The molecule has 4 heteroatoms. The Balaban J connectivity index is 1.63. The summed E-state index contributed by atoms with van der Waals surface area (Å²) in [7, 11) is 0. The quantitative estimate of drug-likeness (QED) is 0.679. The van der Waals surface area contributed by atoms with Gasteiger partial charge in [0.2, 0.25) is 0 Å². The molecule has 23 heavy (non-hydrogen) atoms. The number of hydrazine groups is 1. The summed E-state index contributed by atoms with van der Waals surface area (Å²) in [6, 6.07) is 19.2. The van der Waals surface area contributed by atoms with Crippen LogP contribution in [0.25, 0.3) is 6.08 Å². The summed E-state index contributed by atoms with van der Waals surface area (Å²) in [4.78, 5) is 2.60. The van der Waals surface area contributed by atoms with Crippen LogP contribution < -0.4 is 10.4 Å². The van der Waals surface area contributed by atoms with E-state index in [4.69, 9.17) is 0 Å². The van der Waals surface area contributed by atoms with Gasteiger partial charge < -0.3 is 0 Å². The zero-order valence-electron chi connectivity index (χ0n) is 12.4. The second-order valence-corrected chi connectivity index (χ2v) is 7.21. The number of hydrogen-bond acceptors (Lipinski definition) is 4. The predicted molar refractivity (Wildman–Crippen MR) is 101 cm³/mol. The lowest BCUT2D eigenvalue weighted by Crippen LogP contribution is -2.33. The summed E-state index contributed by atoms with van der Waals surface area (Å²) in [6.45, 7) is 0. The molecule has 0 saturated heterocycles. The third-order valence-electron chi connectivity index (χ3n) is 3.70. The zero-order chi connectivity index (χ0) is 15.5. The second-order valence-electron chi connectivity index (χ2n) is 5.25. The lowest BCUT2D eigenvalue weighted by molar-refractivity contribution is 0.718. The van der Waals surface area contributed by atoms with Crippen molar-refractivity contribution in [3.63, 3.8) is 0 Å². The Kier molecular flexibility index (Phi) is 4.01. The van der Waals surface area contributed by atoms with E-state index in [0.29, 0.717) is 0 Å². The van der Waals surface area contributed by atoms with E-state index in [0.717, 1.165) is 5.70 Å². The van der Waals surface area contributed by atoms with Gasteiger partial charge in [-0.05, 0) is 53.3 Å². The van der Waals surface area contributed by atoms with Crippen molar-refractivity contribution < 1.29 is 0 Å². The minimum absolute atomic E-state index is 0.223. The van der Waals surface area contributed by atoms with E-state index in [1.807, 2.05) is 6.07 Å². The second kappa shape index (κ2) is 6.44. The summed E-state index contributed by atoms with van der Waals surface area (Å²) >= 11 is 3.54. The molecule has 0 spiro atoms. The van der Waals surface area contributed by atoms with Crippen molar-refractivity contribution in [2.24, 2.45) is 0 Å². The maximum Gasteiger partial charge on any atom is 0.105 e. The SMILES string of the molecule is C(=Cc1cccs1)C1=C[C@@H](c2cccs2)N(c2ccccc2)N1. The number of nitrogens with one attached hydrogen (secondary N) is 1. The maximum atomic E-state index is 3.53. The van der Waals surface area contributed by atoms with Gasteiger partial charge in [0.1, 0.15) is 6.04 Å². The van der Waals surface area contributed by atoms with Gasteiger partial charge in [-0.3, -0.25) is 10.4 Å². The van der Waals surface area contributed by atoms with E-state index >= 15 is 0 Å². The van der Waals surface area contributed by atoms with Crippen LogP contribution in [-0.2, 0) is 0 Å². The molecule has 2 nitrogen and oxygen atoms in total. The molecule has 0 bridgehead atoms. The first kappa shape index (κ1) is 14.3. The third-order valence-corrected chi connectivity index (χ3v) is 5.49. The Morgan fingerprint density at radius 2 is 1.70 bits per heavy atom. The van der Waals surface area contributed by atoms with Gasteiger partial charge in [0.15, 0.2) is 0 Å². The molecule has 2 aromatic heterocycles. The summed E-state index contributed by atoms with van der Waals surface area (Å²) in [5.41, 5.74) is 5.82. The van der Waals surface area contributed by atoms with Crippen LogP contribution in [0.15, 0.2) is 83.2 Å². The molecular weight excluding hydrogens is 320 g/mol. The predicted octanol–water partition coefficient (Wildman–Crippen LogP) is 5.47. The number of rotatable bonds is 4. The molecule has 0 amide bonds. The molecule has 3 aromatic rings. The molecule has 0 unspecified atom stereocenters. The minimum atomic E-state index is 0.223. The van der Waals surface area contributed by atoms with Crippen molar-refractivity contribution in [2.45, 2.75) is 6.04 Å². The van der Waals surface area contributed by atoms with Gasteiger partial charge in [-0.2, -0.15) is 0 Å². The van der Waals surface area contributed by atoms with Crippen LogP contribution in [0.5, 0.6) is 0 Å². The molecule has 114 valence electrons. The van der Waals surface area contributed by atoms with Crippen LogP contribution >= 0.6 is 22.7 Å². The van der Waals surface area contributed by atoms with E-state index in [1.54, 1.807) is 22.7 Å². The van der Waals surface area contributed by atoms with Crippen LogP contribution in [0.1, 0.15) is 15.8 Å². The summed E-state index contributed by atoms with van der Waals surface area (Å²) in [5, 5.41) is 6.45. The van der Waals surface area contributed by atoms with Crippen molar-refractivity contribution >= 4 is 34.4 Å². The van der Waals surface area contributed by atoms with Gasteiger partial charge in [-0.25, -0.2) is 0 Å². The van der Waals surface area contributed by atoms with Crippen LogP contribution in [-0.4, -0.2) is 0 Å². The molecule has 0 saturated carbocycles. The van der Waals surface area contributed by atoms with E-state index in [9.17, 15) is 0 Å². The average Bonchev–Trinajstić information content (AvgIpc) is 3.33. The number of allylic oxidation sites excluding steroid dienone is 1. The topological polar surface area (TPSA) is 15.3 Å². The Morgan fingerprint density at radius 3 is 2.43 bits per heavy atom. The largest absolute Gasteiger partial charge is 0.298 e. The van der Waals surface area contributed by atoms with Gasteiger partial charge in [0.05, 0.1) is 11.4 Å². The monoisotopic (exact) mass is 336 g/mol. The Morgan fingerprint density at radius 1 is 0.870 bits per heavy atom. The summed E-state index contributed by atoms with van der Waals surface area (Å²) in [5.74, 6) is 0. The molecule has 4 rings (SSSR count). The highest BCUT2D eigenvalue weighted by Gasteiger charge is 2.26. The van der Waals surface area contributed by atoms with Crippen molar-refractivity contribution in [2.75, 3.05) is 5.01 Å². The van der Waals surface area contributed by atoms with Gasteiger partial charge in [-0.15, -0.1) is 22.7 Å². The van der Waals surface area contributed by atoms with Crippen molar-refractivity contribution in [1.82, 2.24) is 5.43 Å². The Hall–Kier alpha value is -2.30. The Labute approximate surface area is 144 Å². The van der Waals surface area contributed by atoms with Gasteiger partial charge in [0, 0.05) is 9.75 Å². The van der Waals surface area contributed by atoms with Crippen molar-refractivity contribution in [1.29, 1.82) is 0 Å². The smallest absolute Gasteiger partial charge is 0.105 e. The zero-order valence-corrected chi connectivity index (χ0v) is 14.1. The van der Waals surface area contributed by atoms with Gasteiger partial charge in [-0.1, -0.05) is 30.3 Å². The lowest BCUT2D eigenvalue weighted by atomic mass is 10.2. The van der Waals surface area contributed by atoms with Crippen LogP contribution in [0.4, 0.5) is 5.69 Å². The number of anilines is 1. The molecule has 0 aliphatic carbocycles. The molecule has 0 radical (unpaired) electrons. The van der Waals surface area contributed by atoms with E-state index in [2.05, 4.69) is 88.0 Å². The fraction of sp³-hybridized carbons (Fsp3) is 0.0526. The first-order valence-electron chi connectivity index (χ1n) is 7.48. The molecule has 1 N–H and O–H groups in total. The number of para-hydroxylation sites is 1. The van der Waals surface area contributed by atoms with Crippen molar-refractivity contribution in [3.05, 3.63) is 93.0 Å². The lowest BCUT2D eigenvalue weighted by Gasteiger charge is -2.26. The number of thiophene rings is 2. The van der Waals surface area contributed by atoms with Gasteiger partial charge >= 0.3 is 0 Å². The first-order chi connectivity index (χ1) is 11.4. The first-order valence-corrected chi connectivity index (χ1v) is 9.24. The van der Waals surface area contributed by atoms with E-state index in [1.165, 1.54) is 15.4 Å². The van der Waals surface area contributed by atoms with Gasteiger partial charge in [0.25, 0.3) is 0 Å². The average molecular weight is 336 g/mol. The Bertz CT molecular complexity index is 802.